The van der Waals surface area contributed by atoms with Crippen molar-refractivity contribution in [2.75, 3.05) is 0 Å². The highest BCUT2D eigenvalue weighted by atomic mass is 79.9. The summed E-state index contributed by atoms with van der Waals surface area (Å²) in [4.78, 5) is 0. The lowest BCUT2D eigenvalue weighted by molar-refractivity contribution is 0.432. The van der Waals surface area contributed by atoms with Crippen LogP contribution in [-0.4, -0.2) is 9.78 Å². The molecule has 1 saturated carbocycles. The van der Waals surface area contributed by atoms with E-state index >= 15 is 0 Å². The Balaban J connectivity index is 2.06. The van der Waals surface area contributed by atoms with E-state index in [9.17, 15) is 0 Å². The van der Waals surface area contributed by atoms with Crippen LogP contribution in [0.15, 0.2) is 16.9 Å². The molecule has 0 aromatic carbocycles. The van der Waals surface area contributed by atoms with Crippen LogP contribution in [0.2, 0.25) is 0 Å². The number of rotatable bonds is 2. The molecule has 0 N–H and O–H groups in total. The van der Waals surface area contributed by atoms with Crippen LogP contribution in [0.25, 0.3) is 0 Å². The van der Waals surface area contributed by atoms with E-state index in [-0.39, 0.29) is 0 Å². The lowest BCUT2D eigenvalue weighted by Crippen LogP contribution is -2.07. The van der Waals surface area contributed by atoms with Gasteiger partial charge < -0.3 is 0 Å². The van der Waals surface area contributed by atoms with E-state index in [1.54, 1.807) is 0 Å². The van der Waals surface area contributed by atoms with E-state index in [0.717, 1.165) is 11.0 Å². The van der Waals surface area contributed by atoms with Crippen molar-refractivity contribution in [3.05, 3.63) is 16.9 Å². The third-order valence-electron chi connectivity index (χ3n) is 2.25. The fourth-order valence-electron chi connectivity index (χ4n) is 1.19. The number of hydrogen-bond donors (Lipinski definition) is 0. The van der Waals surface area contributed by atoms with Crippen LogP contribution < -0.4 is 0 Å². The van der Waals surface area contributed by atoms with Crippen molar-refractivity contribution in [3.63, 3.8) is 0 Å². The standard InChI is InChI=1S/C8H11BrN2/c1-8(2-3-8)6-11-5-7(9)4-10-11/h4-5H,2-3,6H2,1H3. The molecule has 2 rings (SSSR count). The topological polar surface area (TPSA) is 17.8 Å². The molecule has 1 fully saturated rings. The quantitative estimate of drug-likeness (QED) is 0.740. The Morgan fingerprint density at radius 1 is 1.73 bits per heavy atom. The van der Waals surface area contributed by atoms with Gasteiger partial charge in [-0.1, -0.05) is 6.92 Å². The van der Waals surface area contributed by atoms with Crippen molar-refractivity contribution < 1.29 is 0 Å². The summed E-state index contributed by atoms with van der Waals surface area (Å²) in [7, 11) is 0. The third kappa shape index (κ3) is 1.64. The van der Waals surface area contributed by atoms with E-state index < -0.39 is 0 Å². The molecule has 1 heterocycles. The second-order valence-electron chi connectivity index (χ2n) is 3.67. The Morgan fingerprint density at radius 2 is 2.45 bits per heavy atom. The van der Waals surface area contributed by atoms with Gasteiger partial charge in [0.15, 0.2) is 0 Å². The molecule has 0 unspecified atom stereocenters. The van der Waals surface area contributed by atoms with Crippen LogP contribution in [0.1, 0.15) is 19.8 Å². The molecular weight excluding hydrogens is 204 g/mol. The van der Waals surface area contributed by atoms with Crippen molar-refractivity contribution >= 4 is 15.9 Å². The Morgan fingerprint density at radius 3 is 2.91 bits per heavy atom. The Bertz CT molecular complexity index is 263. The Labute approximate surface area is 74.7 Å². The van der Waals surface area contributed by atoms with Crippen LogP contribution >= 0.6 is 15.9 Å². The van der Waals surface area contributed by atoms with Crippen molar-refractivity contribution in [2.45, 2.75) is 26.3 Å². The van der Waals surface area contributed by atoms with Gasteiger partial charge in [-0.25, -0.2) is 0 Å². The number of halogens is 1. The van der Waals surface area contributed by atoms with Crippen molar-refractivity contribution in [2.24, 2.45) is 5.41 Å². The van der Waals surface area contributed by atoms with Gasteiger partial charge in [-0.15, -0.1) is 0 Å². The molecule has 0 spiro atoms. The minimum Gasteiger partial charge on any atom is -0.271 e. The van der Waals surface area contributed by atoms with Crippen LogP contribution in [0.4, 0.5) is 0 Å². The zero-order chi connectivity index (χ0) is 7.90. The normalized spacial score (nSPS) is 20.2. The molecule has 1 aromatic heterocycles. The first-order valence-corrected chi connectivity index (χ1v) is 4.65. The van der Waals surface area contributed by atoms with E-state index in [4.69, 9.17) is 0 Å². The zero-order valence-electron chi connectivity index (χ0n) is 6.55. The molecule has 0 bridgehead atoms. The van der Waals surface area contributed by atoms with E-state index in [0.29, 0.717) is 5.41 Å². The summed E-state index contributed by atoms with van der Waals surface area (Å²) >= 11 is 3.38. The highest BCUT2D eigenvalue weighted by Crippen LogP contribution is 2.46. The van der Waals surface area contributed by atoms with E-state index in [1.165, 1.54) is 12.8 Å². The highest BCUT2D eigenvalue weighted by Gasteiger charge is 2.37. The number of aromatic nitrogens is 2. The first-order chi connectivity index (χ1) is 5.18. The molecule has 0 saturated heterocycles. The van der Waals surface area contributed by atoms with Gasteiger partial charge in [-0.2, -0.15) is 5.10 Å². The van der Waals surface area contributed by atoms with Crippen LogP contribution in [0, 0.1) is 5.41 Å². The first-order valence-electron chi connectivity index (χ1n) is 3.86. The van der Waals surface area contributed by atoms with Crippen LogP contribution in [0.3, 0.4) is 0 Å². The summed E-state index contributed by atoms with van der Waals surface area (Å²) in [6, 6.07) is 0. The predicted molar refractivity (Wildman–Crippen MR) is 47.3 cm³/mol. The predicted octanol–water partition coefficient (Wildman–Crippen LogP) is 2.45. The van der Waals surface area contributed by atoms with Gasteiger partial charge in [0.05, 0.1) is 10.7 Å². The van der Waals surface area contributed by atoms with Crippen LogP contribution in [0.5, 0.6) is 0 Å². The zero-order valence-corrected chi connectivity index (χ0v) is 8.13. The Hall–Kier alpha value is -0.310. The average Bonchev–Trinajstić information content (AvgIpc) is 2.49. The minimum atomic E-state index is 0.547. The fraction of sp³-hybridized carbons (Fsp3) is 0.625. The maximum Gasteiger partial charge on any atom is 0.0632 e. The Kier molecular flexibility index (Phi) is 1.56. The van der Waals surface area contributed by atoms with Gasteiger partial charge in [-0.3, -0.25) is 4.68 Å². The average molecular weight is 215 g/mol. The van der Waals surface area contributed by atoms with Gasteiger partial charge >= 0.3 is 0 Å². The van der Waals surface area contributed by atoms with Gasteiger partial charge in [0, 0.05) is 12.7 Å². The van der Waals surface area contributed by atoms with Crippen molar-refractivity contribution in [3.8, 4) is 0 Å². The van der Waals surface area contributed by atoms with E-state index in [1.807, 2.05) is 17.1 Å². The van der Waals surface area contributed by atoms with Crippen molar-refractivity contribution in [1.29, 1.82) is 0 Å². The molecule has 1 aliphatic rings. The van der Waals surface area contributed by atoms with Gasteiger partial charge in [0.25, 0.3) is 0 Å². The SMILES string of the molecule is CC1(Cn2cc(Br)cn2)CC1. The number of nitrogens with zero attached hydrogens (tertiary/aromatic N) is 2. The summed E-state index contributed by atoms with van der Waals surface area (Å²) in [5, 5.41) is 4.21. The lowest BCUT2D eigenvalue weighted by Gasteiger charge is -2.06. The molecular formula is C8H11BrN2. The first kappa shape index (κ1) is 7.35. The van der Waals surface area contributed by atoms with Gasteiger partial charge in [-0.05, 0) is 34.2 Å². The summed E-state index contributed by atoms with van der Waals surface area (Å²) in [5.41, 5.74) is 0.547. The van der Waals surface area contributed by atoms with Crippen LogP contribution in [-0.2, 0) is 6.54 Å². The molecule has 0 aliphatic heterocycles. The molecule has 1 aromatic rings. The molecule has 0 radical (unpaired) electrons. The third-order valence-corrected chi connectivity index (χ3v) is 2.66. The van der Waals surface area contributed by atoms with Gasteiger partial charge in [0.1, 0.15) is 0 Å². The largest absolute Gasteiger partial charge is 0.271 e. The minimum absolute atomic E-state index is 0.547. The maximum atomic E-state index is 4.21. The maximum absolute atomic E-state index is 4.21. The second kappa shape index (κ2) is 2.34. The summed E-state index contributed by atoms with van der Waals surface area (Å²) in [6.07, 6.45) is 6.57. The molecule has 2 nitrogen and oxygen atoms in total. The lowest BCUT2D eigenvalue weighted by atomic mass is 10.1. The molecule has 0 atom stereocenters. The molecule has 1 aliphatic carbocycles. The fourth-order valence-corrected chi connectivity index (χ4v) is 1.52. The van der Waals surface area contributed by atoms with Gasteiger partial charge in [0.2, 0.25) is 0 Å². The summed E-state index contributed by atoms with van der Waals surface area (Å²) in [6.45, 7) is 3.38. The smallest absolute Gasteiger partial charge is 0.0632 e. The number of hydrogen-bond acceptors (Lipinski definition) is 1. The molecule has 11 heavy (non-hydrogen) atoms. The molecule has 0 amide bonds. The molecule has 3 heteroatoms. The van der Waals surface area contributed by atoms with E-state index in [2.05, 4.69) is 28.0 Å². The highest BCUT2D eigenvalue weighted by molar-refractivity contribution is 9.10. The van der Waals surface area contributed by atoms with Crippen molar-refractivity contribution in [1.82, 2.24) is 9.78 Å². The summed E-state index contributed by atoms with van der Waals surface area (Å²) in [5.74, 6) is 0. The summed E-state index contributed by atoms with van der Waals surface area (Å²) < 4.78 is 3.08. The molecule has 60 valence electrons. The monoisotopic (exact) mass is 214 g/mol. The second-order valence-corrected chi connectivity index (χ2v) is 4.58.